The van der Waals surface area contributed by atoms with Crippen molar-refractivity contribution in [2.75, 3.05) is 30.3 Å². The molecule has 1 atom stereocenters. The summed E-state index contributed by atoms with van der Waals surface area (Å²) in [7, 11) is 1.98. The molecule has 4 aromatic rings. The van der Waals surface area contributed by atoms with Crippen LogP contribution in [0.4, 0.5) is 17.6 Å². The quantitative estimate of drug-likeness (QED) is 0.254. The van der Waals surface area contributed by atoms with E-state index in [4.69, 9.17) is 14.8 Å². The standard InChI is InChI=1S/C30H41N9O/c1-9-13-38-14-11-21(18-38)39-24(30(5,6)7)16-26(36-39)34-29-35-28-27(37(29)8)20(4)23(17-32-28)40-22-10-12-31-25(15-22)33-19(2)3/h10,12,15-17,21H,2,9,11,13-14,18H2,1,3-8H3,(H,31,33)(H,32,34,35,36)/t21-/m0/s1. The molecule has 5 heterocycles. The van der Waals surface area contributed by atoms with E-state index in [-0.39, 0.29) is 5.41 Å². The van der Waals surface area contributed by atoms with Crippen LogP contribution in [0, 0.1) is 6.92 Å². The molecule has 0 radical (unpaired) electrons. The van der Waals surface area contributed by atoms with Crippen molar-refractivity contribution < 1.29 is 4.74 Å². The number of aromatic nitrogens is 6. The Morgan fingerprint density at radius 2 is 2.00 bits per heavy atom. The van der Waals surface area contributed by atoms with Crippen LogP contribution in [0.3, 0.4) is 0 Å². The van der Waals surface area contributed by atoms with Crippen LogP contribution in [0.2, 0.25) is 0 Å². The first-order valence-corrected chi connectivity index (χ1v) is 14.0. The van der Waals surface area contributed by atoms with Crippen molar-refractivity contribution in [1.82, 2.24) is 34.2 Å². The molecule has 0 bridgehead atoms. The Bertz CT molecular complexity index is 1530. The second-order valence-electron chi connectivity index (χ2n) is 11.8. The average Bonchev–Trinajstić information content (AvgIpc) is 3.59. The van der Waals surface area contributed by atoms with Crippen LogP contribution < -0.4 is 15.4 Å². The maximum Gasteiger partial charge on any atom is 0.210 e. The molecule has 1 aliphatic heterocycles. The molecule has 1 saturated heterocycles. The fourth-order valence-electron chi connectivity index (χ4n) is 5.37. The molecule has 5 rings (SSSR count). The van der Waals surface area contributed by atoms with Crippen LogP contribution in [0.5, 0.6) is 11.5 Å². The number of pyridine rings is 2. The van der Waals surface area contributed by atoms with Crippen LogP contribution >= 0.6 is 0 Å². The first-order chi connectivity index (χ1) is 19.0. The summed E-state index contributed by atoms with van der Waals surface area (Å²) in [5, 5.41) is 11.6. The van der Waals surface area contributed by atoms with Gasteiger partial charge in [-0.05, 0) is 39.3 Å². The molecule has 0 amide bonds. The number of likely N-dealkylation sites (tertiary alicyclic amines) is 1. The highest BCUT2D eigenvalue weighted by Gasteiger charge is 2.30. The Morgan fingerprint density at radius 1 is 1.20 bits per heavy atom. The highest BCUT2D eigenvalue weighted by molar-refractivity contribution is 5.81. The van der Waals surface area contributed by atoms with Crippen molar-refractivity contribution in [1.29, 1.82) is 0 Å². The number of hydrogen-bond acceptors (Lipinski definition) is 8. The van der Waals surface area contributed by atoms with Gasteiger partial charge >= 0.3 is 0 Å². The van der Waals surface area contributed by atoms with Crippen LogP contribution in [-0.2, 0) is 12.5 Å². The van der Waals surface area contributed by atoms with Crippen molar-refractivity contribution >= 4 is 28.7 Å². The molecule has 0 spiro atoms. The van der Waals surface area contributed by atoms with Crippen LogP contribution in [-0.4, -0.2) is 53.8 Å². The fraction of sp³-hybridized carbons (Fsp3) is 0.467. The molecule has 40 heavy (non-hydrogen) atoms. The van der Waals surface area contributed by atoms with Crippen LogP contribution in [0.1, 0.15) is 64.8 Å². The van der Waals surface area contributed by atoms with E-state index in [1.54, 1.807) is 12.4 Å². The van der Waals surface area contributed by atoms with Gasteiger partial charge in [-0.1, -0.05) is 34.3 Å². The molecule has 2 N–H and O–H groups in total. The maximum absolute atomic E-state index is 6.21. The van der Waals surface area contributed by atoms with Gasteiger partial charge in [0, 0.05) is 60.8 Å². The number of ether oxygens (including phenoxy) is 1. The Morgan fingerprint density at radius 3 is 2.73 bits per heavy atom. The summed E-state index contributed by atoms with van der Waals surface area (Å²) in [6.07, 6.45) is 5.71. The van der Waals surface area contributed by atoms with E-state index in [1.165, 1.54) is 12.1 Å². The van der Waals surface area contributed by atoms with Crippen molar-refractivity contribution in [3.63, 3.8) is 0 Å². The highest BCUT2D eigenvalue weighted by atomic mass is 16.5. The lowest BCUT2D eigenvalue weighted by Gasteiger charge is -2.23. The summed E-state index contributed by atoms with van der Waals surface area (Å²) in [5.41, 5.74) is 4.49. The number of hydrogen-bond donors (Lipinski definition) is 2. The third-order valence-corrected chi connectivity index (χ3v) is 7.28. The molecular weight excluding hydrogens is 502 g/mol. The van der Waals surface area contributed by atoms with Crippen molar-refractivity contribution in [3.05, 3.63) is 54.1 Å². The van der Waals surface area contributed by atoms with Gasteiger partial charge in [-0.15, -0.1) is 0 Å². The third kappa shape index (κ3) is 5.67. The number of nitrogens with one attached hydrogen (secondary N) is 2. The van der Waals surface area contributed by atoms with E-state index >= 15 is 0 Å². The highest BCUT2D eigenvalue weighted by Crippen LogP contribution is 2.34. The number of fused-ring (bicyclic) bond motifs is 1. The predicted molar refractivity (Wildman–Crippen MR) is 161 cm³/mol. The zero-order valence-electron chi connectivity index (χ0n) is 24.7. The summed E-state index contributed by atoms with van der Waals surface area (Å²) < 4.78 is 10.5. The Labute approximate surface area is 236 Å². The topological polar surface area (TPSA) is 98.0 Å². The van der Waals surface area contributed by atoms with Gasteiger partial charge in [-0.3, -0.25) is 4.68 Å². The first kappa shape index (κ1) is 27.6. The normalized spacial score (nSPS) is 16.0. The van der Waals surface area contributed by atoms with Gasteiger partial charge in [0.25, 0.3) is 0 Å². The van der Waals surface area contributed by atoms with E-state index in [0.29, 0.717) is 35.0 Å². The molecule has 212 valence electrons. The zero-order valence-corrected chi connectivity index (χ0v) is 24.7. The van der Waals surface area contributed by atoms with E-state index < -0.39 is 0 Å². The summed E-state index contributed by atoms with van der Waals surface area (Å²) >= 11 is 0. The number of allylic oxidation sites excluding steroid dienone is 1. The number of imidazole rings is 1. The Hall–Kier alpha value is -3.92. The number of anilines is 3. The molecule has 0 aliphatic carbocycles. The van der Waals surface area contributed by atoms with Crippen LogP contribution in [0.25, 0.3) is 11.2 Å². The lowest BCUT2D eigenvalue weighted by molar-refractivity contribution is 0.314. The van der Waals surface area contributed by atoms with Gasteiger partial charge < -0.3 is 24.8 Å². The first-order valence-electron chi connectivity index (χ1n) is 14.0. The summed E-state index contributed by atoms with van der Waals surface area (Å²) in [6.45, 7) is 20.1. The largest absolute Gasteiger partial charge is 0.455 e. The molecule has 1 aliphatic rings. The average molecular weight is 544 g/mol. The second kappa shape index (κ2) is 10.9. The van der Waals surface area contributed by atoms with E-state index in [9.17, 15) is 0 Å². The monoisotopic (exact) mass is 543 g/mol. The van der Waals surface area contributed by atoms with Gasteiger partial charge in [-0.25, -0.2) is 9.97 Å². The summed E-state index contributed by atoms with van der Waals surface area (Å²) in [5.74, 6) is 3.47. The summed E-state index contributed by atoms with van der Waals surface area (Å²) in [6, 6.07) is 6.19. The minimum absolute atomic E-state index is 0.0332. The van der Waals surface area contributed by atoms with E-state index in [0.717, 1.165) is 48.7 Å². The molecule has 1 fully saturated rings. The Kier molecular flexibility index (Phi) is 7.55. The second-order valence-corrected chi connectivity index (χ2v) is 11.8. The molecule has 0 saturated carbocycles. The molecule has 10 heteroatoms. The van der Waals surface area contributed by atoms with Gasteiger partial charge in [0.05, 0.1) is 17.8 Å². The smallest absolute Gasteiger partial charge is 0.210 e. The lowest BCUT2D eigenvalue weighted by Crippen LogP contribution is -2.26. The van der Waals surface area contributed by atoms with Gasteiger partial charge in [-0.2, -0.15) is 10.1 Å². The third-order valence-electron chi connectivity index (χ3n) is 7.28. The van der Waals surface area contributed by atoms with E-state index in [1.807, 2.05) is 37.6 Å². The maximum atomic E-state index is 6.21. The van der Waals surface area contributed by atoms with Gasteiger partial charge in [0.2, 0.25) is 5.95 Å². The van der Waals surface area contributed by atoms with Crippen molar-refractivity contribution in [2.24, 2.45) is 7.05 Å². The predicted octanol–water partition coefficient (Wildman–Crippen LogP) is 6.30. The number of nitrogens with zero attached hydrogens (tertiary/aromatic N) is 7. The van der Waals surface area contributed by atoms with Crippen molar-refractivity contribution in [3.8, 4) is 11.5 Å². The molecule has 0 unspecified atom stereocenters. The number of aryl methyl sites for hydroxylation is 2. The van der Waals surface area contributed by atoms with E-state index in [2.05, 4.69) is 70.5 Å². The molecule has 10 nitrogen and oxygen atoms in total. The fourth-order valence-corrected chi connectivity index (χ4v) is 5.37. The number of rotatable bonds is 9. The SMILES string of the molecule is C=C(C)Nc1cc(Oc2cnc3nc(Nc4cc(C(C)(C)C)n([C@H]5CCN(CCC)C5)n4)n(C)c3c2C)ccn1. The Balaban J connectivity index is 1.42. The minimum atomic E-state index is -0.0332. The molecule has 0 aromatic carbocycles. The minimum Gasteiger partial charge on any atom is -0.455 e. The molecular formula is C30H41N9O. The van der Waals surface area contributed by atoms with Crippen molar-refractivity contribution in [2.45, 2.75) is 65.8 Å². The molecule has 4 aromatic heterocycles. The summed E-state index contributed by atoms with van der Waals surface area (Å²) in [4.78, 5) is 16.3. The van der Waals surface area contributed by atoms with Gasteiger partial charge in [0.1, 0.15) is 11.6 Å². The zero-order chi connectivity index (χ0) is 28.6. The van der Waals surface area contributed by atoms with Gasteiger partial charge in [0.15, 0.2) is 17.2 Å². The lowest BCUT2D eigenvalue weighted by atomic mass is 9.91. The van der Waals surface area contributed by atoms with Crippen LogP contribution in [0.15, 0.2) is 42.9 Å².